The van der Waals surface area contributed by atoms with Gasteiger partial charge in [0.2, 0.25) is 0 Å². The van der Waals surface area contributed by atoms with Crippen molar-refractivity contribution in [1.29, 1.82) is 0 Å². The van der Waals surface area contributed by atoms with Crippen molar-refractivity contribution in [3.63, 3.8) is 0 Å². The van der Waals surface area contributed by atoms with Crippen LogP contribution in [0.1, 0.15) is 47.2 Å². The summed E-state index contributed by atoms with van der Waals surface area (Å²) in [6.07, 6.45) is 0. The lowest BCUT2D eigenvalue weighted by Gasteiger charge is -1.93. The molecular weight excluding hydrogens is 312 g/mol. The van der Waals surface area contributed by atoms with E-state index in [1.807, 2.05) is 13.8 Å². The maximum absolute atomic E-state index is 2.12. The molecule has 26 heavy (non-hydrogen) atoms. The zero-order valence-electron chi connectivity index (χ0n) is 17.9. The van der Waals surface area contributed by atoms with Crippen molar-refractivity contribution in [3.05, 3.63) is 106 Å². The molecule has 0 aromatic heterocycles. The van der Waals surface area contributed by atoms with Gasteiger partial charge in [-0.2, -0.15) is 0 Å². The van der Waals surface area contributed by atoms with Gasteiger partial charge in [0.25, 0.3) is 0 Å². The summed E-state index contributed by atoms with van der Waals surface area (Å²) in [5, 5.41) is 0. The van der Waals surface area contributed by atoms with Crippen molar-refractivity contribution in [2.75, 3.05) is 0 Å². The minimum atomic E-state index is 1.37. The van der Waals surface area contributed by atoms with Crippen LogP contribution in [-0.4, -0.2) is 0 Å². The van der Waals surface area contributed by atoms with Gasteiger partial charge in [0.15, 0.2) is 0 Å². The summed E-state index contributed by atoms with van der Waals surface area (Å²) >= 11 is 0. The normalized spacial score (nSPS) is 8.77. The Morgan fingerprint density at radius 3 is 0.500 bits per heavy atom. The first-order valence-electron chi connectivity index (χ1n) is 9.48. The molecule has 0 saturated heterocycles. The fraction of sp³-hybridized carbons (Fsp3) is 0.308. The van der Waals surface area contributed by atoms with E-state index in [4.69, 9.17) is 0 Å². The predicted molar refractivity (Wildman–Crippen MR) is 119 cm³/mol. The Bertz CT molecular complexity index is 572. The summed E-state index contributed by atoms with van der Waals surface area (Å²) in [5.74, 6) is 0. The molecule has 0 aliphatic carbocycles. The van der Waals surface area contributed by atoms with E-state index >= 15 is 0 Å². The van der Waals surface area contributed by atoms with Crippen LogP contribution in [0.25, 0.3) is 0 Å². The quantitative estimate of drug-likeness (QED) is 0.387. The summed E-state index contributed by atoms with van der Waals surface area (Å²) in [6.45, 7) is 16.7. The number of hydrogen-bond acceptors (Lipinski definition) is 0. The molecule has 140 valence electrons. The molecule has 0 N–H and O–H groups in total. The van der Waals surface area contributed by atoms with Gasteiger partial charge in [-0.1, -0.05) is 86.6 Å². The minimum Gasteiger partial charge on any atom is -0.0683 e. The lowest BCUT2D eigenvalue weighted by atomic mass is 10.1. The van der Waals surface area contributed by atoms with Crippen LogP contribution in [0, 0.1) is 41.5 Å². The van der Waals surface area contributed by atoms with Gasteiger partial charge in [-0.15, -0.1) is 0 Å². The van der Waals surface area contributed by atoms with Crippen molar-refractivity contribution < 1.29 is 0 Å². The minimum absolute atomic E-state index is 1.37. The van der Waals surface area contributed by atoms with Crippen LogP contribution in [0.3, 0.4) is 0 Å². The monoisotopic (exact) mass is 348 g/mol. The predicted octanol–water partition coefficient (Wildman–Crippen LogP) is 7.94. The van der Waals surface area contributed by atoms with E-state index in [9.17, 15) is 0 Å². The molecule has 0 heteroatoms. The first kappa shape index (κ1) is 23.7. The van der Waals surface area contributed by atoms with Crippen LogP contribution in [0.2, 0.25) is 0 Å². The molecule has 0 aliphatic heterocycles. The Hall–Kier alpha value is -2.34. The highest BCUT2D eigenvalue weighted by molar-refractivity contribution is 5.24. The molecule has 3 aromatic rings. The van der Waals surface area contributed by atoms with Crippen LogP contribution < -0.4 is 0 Å². The molecule has 0 amide bonds. The summed E-state index contributed by atoms with van der Waals surface area (Å²) in [5.41, 5.74) is 8.21. The third kappa shape index (κ3) is 9.84. The van der Waals surface area contributed by atoms with Crippen molar-refractivity contribution in [2.24, 2.45) is 0 Å². The topological polar surface area (TPSA) is 0 Å². The van der Waals surface area contributed by atoms with E-state index in [2.05, 4.69) is 114 Å². The molecule has 3 aromatic carbocycles. The Kier molecular flexibility index (Phi) is 12.6. The third-order valence-corrected chi connectivity index (χ3v) is 4.28. The Morgan fingerprint density at radius 1 is 0.308 bits per heavy atom. The molecule has 0 bridgehead atoms. The molecule has 3 rings (SSSR count). The average Bonchev–Trinajstić information content (AvgIpc) is 2.65. The van der Waals surface area contributed by atoms with E-state index in [1.54, 1.807) is 0 Å². The fourth-order valence-electron chi connectivity index (χ4n) is 1.99. The van der Waals surface area contributed by atoms with Crippen LogP contribution in [0.15, 0.2) is 72.8 Å². The molecule has 0 saturated carbocycles. The Labute approximate surface area is 161 Å². The van der Waals surface area contributed by atoms with Gasteiger partial charge in [-0.05, 0) is 74.9 Å². The summed E-state index contributed by atoms with van der Waals surface area (Å²) in [4.78, 5) is 0. The highest BCUT2D eigenvalue weighted by Gasteiger charge is 1.85. The van der Waals surface area contributed by atoms with Gasteiger partial charge in [-0.3, -0.25) is 0 Å². The molecule has 0 nitrogen and oxygen atoms in total. The second-order valence-corrected chi connectivity index (χ2v) is 6.25. The fourth-order valence-corrected chi connectivity index (χ4v) is 1.99. The SMILES string of the molecule is CC.Cc1ccccc1C.Cc1ccccc1C.Cc1ccccc1C. The highest BCUT2D eigenvalue weighted by atomic mass is 13.9. The zero-order valence-corrected chi connectivity index (χ0v) is 17.9. The molecule has 0 atom stereocenters. The second-order valence-electron chi connectivity index (χ2n) is 6.25. The first-order chi connectivity index (χ1) is 12.4. The Balaban J connectivity index is 0.000000344. The largest absolute Gasteiger partial charge is 0.0683 e. The standard InChI is InChI=1S/3C8H10.C2H6/c3*1-7-5-3-4-6-8(7)2;1-2/h3*3-6H,1-2H3;1-2H3. The highest BCUT2D eigenvalue weighted by Crippen LogP contribution is 2.04. The molecule has 0 fully saturated rings. The van der Waals surface area contributed by atoms with E-state index in [-0.39, 0.29) is 0 Å². The molecular formula is C26H36. The van der Waals surface area contributed by atoms with Crippen LogP contribution in [-0.2, 0) is 0 Å². The molecule has 0 heterocycles. The molecule has 0 unspecified atom stereocenters. The maximum atomic E-state index is 2.12. The van der Waals surface area contributed by atoms with Gasteiger partial charge in [0.1, 0.15) is 0 Å². The zero-order chi connectivity index (χ0) is 19.9. The van der Waals surface area contributed by atoms with Crippen LogP contribution >= 0.6 is 0 Å². The summed E-state index contributed by atoms with van der Waals surface area (Å²) in [7, 11) is 0. The van der Waals surface area contributed by atoms with Crippen LogP contribution in [0.5, 0.6) is 0 Å². The lowest BCUT2D eigenvalue weighted by Crippen LogP contribution is -1.74. The average molecular weight is 349 g/mol. The number of rotatable bonds is 0. The van der Waals surface area contributed by atoms with Crippen molar-refractivity contribution >= 4 is 0 Å². The van der Waals surface area contributed by atoms with E-state index in [0.29, 0.717) is 0 Å². The first-order valence-corrected chi connectivity index (χ1v) is 9.48. The molecule has 0 spiro atoms. The maximum Gasteiger partial charge on any atom is -0.0395 e. The second kappa shape index (κ2) is 13.9. The number of hydrogen-bond donors (Lipinski definition) is 0. The number of aryl methyl sites for hydroxylation is 6. The van der Waals surface area contributed by atoms with Gasteiger partial charge in [-0.25, -0.2) is 0 Å². The van der Waals surface area contributed by atoms with Gasteiger partial charge < -0.3 is 0 Å². The summed E-state index contributed by atoms with van der Waals surface area (Å²) in [6, 6.07) is 25.1. The lowest BCUT2D eigenvalue weighted by molar-refractivity contribution is 1.34. The van der Waals surface area contributed by atoms with Crippen molar-refractivity contribution in [3.8, 4) is 0 Å². The molecule has 0 radical (unpaired) electrons. The summed E-state index contributed by atoms with van der Waals surface area (Å²) < 4.78 is 0. The van der Waals surface area contributed by atoms with E-state index in [0.717, 1.165) is 0 Å². The van der Waals surface area contributed by atoms with Gasteiger partial charge >= 0.3 is 0 Å². The van der Waals surface area contributed by atoms with Crippen molar-refractivity contribution in [1.82, 2.24) is 0 Å². The smallest absolute Gasteiger partial charge is 0.0395 e. The molecule has 0 aliphatic rings. The number of benzene rings is 3. The van der Waals surface area contributed by atoms with E-state index < -0.39 is 0 Å². The van der Waals surface area contributed by atoms with Crippen LogP contribution in [0.4, 0.5) is 0 Å². The van der Waals surface area contributed by atoms with Gasteiger partial charge in [0.05, 0.1) is 0 Å². The third-order valence-electron chi connectivity index (χ3n) is 4.28. The van der Waals surface area contributed by atoms with Gasteiger partial charge in [0, 0.05) is 0 Å². The van der Waals surface area contributed by atoms with Crippen molar-refractivity contribution in [2.45, 2.75) is 55.4 Å². The Morgan fingerprint density at radius 2 is 0.423 bits per heavy atom. The van der Waals surface area contributed by atoms with E-state index in [1.165, 1.54) is 33.4 Å².